The van der Waals surface area contributed by atoms with Gasteiger partial charge in [0, 0.05) is 10.6 Å². The Hall–Kier alpha value is -1.59. The predicted octanol–water partition coefficient (Wildman–Crippen LogP) is 3.61. The zero-order chi connectivity index (χ0) is 14.0. The van der Waals surface area contributed by atoms with Crippen LogP contribution in [0.25, 0.3) is 0 Å². The first-order valence-electron chi connectivity index (χ1n) is 5.58. The first-order valence-corrected chi connectivity index (χ1v) is 6.78. The van der Waals surface area contributed by atoms with Crippen molar-refractivity contribution in [2.45, 2.75) is 13.0 Å². The van der Waals surface area contributed by atoms with Crippen molar-refractivity contribution >= 4 is 34.5 Å². The van der Waals surface area contributed by atoms with Crippen molar-refractivity contribution in [3.63, 3.8) is 0 Å². The Balaban J connectivity index is 2.15. The zero-order valence-corrected chi connectivity index (χ0v) is 11.7. The summed E-state index contributed by atoms with van der Waals surface area (Å²) >= 11 is 7.21. The molecule has 0 aliphatic carbocycles. The van der Waals surface area contributed by atoms with Gasteiger partial charge in [-0.2, -0.15) is 0 Å². The molecule has 0 bridgehead atoms. The number of benzene rings is 1. The Morgan fingerprint density at radius 3 is 2.79 bits per heavy atom. The van der Waals surface area contributed by atoms with Crippen LogP contribution < -0.4 is 11.1 Å². The number of nitrogens with two attached hydrogens (primary N) is 1. The van der Waals surface area contributed by atoms with Gasteiger partial charge in [-0.25, -0.2) is 4.39 Å². The second-order valence-electron chi connectivity index (χ2n) is 4.08. The molecular formula is C13H12ClFN2OS. The van der Waals surface area contributed by atoms with E-state index in [2.05, 4.69) is 5.32 Å². The molecule has 0 fully saturated rings. The Labute approximate surface area is 119 Å². The molecule has 3 N–H and O–H groups in total. The average molecular weight is 299 g/mol. The highest BCUT2D eigenvalue weighted by molar-refractivity contribution is 7.16. The van der Waals surface area contributed by atoms with Crippen LogP contribution in [-0.4, -0.2) is 5.91 Å². The monoisotopic (exact) mass is 298 g/mol. The summed E-state index contributed by atoms with van der Waals surface area (Å²) in [7, 11) is 0. The molecule has 1 aromatic heterocycles. The molecule has 2 rings (SSSR count). The van der Waals surface area contributed by atoms with Crippen LogP contribution in [0.2, 0.25) is 4.34 Å². The lowest BCUT2D eigenvalue weighted by atomic mass is 10.1. The van der Waals surface area contributed by atoms with E-state index in [9.17, 15) is 9.18 Å². The fourth-order valence-electron chi connectivity index (χ4n) is 1.62. The van der Waals surface area contributed by atoms with E-state index in [0.717, 1.165) is 4.88 Å². The molecule has 6 heteroatoms. The lowest BCUT2D eigenvalue weighted by molar-refractivity contribution is 0.0936. The SMILES string of the molecule is CC(NC(=O)c1cc(N)ccc1F)c1ccc(Cl)s1. The van der Waals surface area contributed by atoms with Gasteiger partial charge >= 0.3 is 0 Å². The first-order chi connectivity index (χ1) is 8.97. The van der Waals surface area contributed by atoms with Crippen molar-refractivity contribution in [3.8, 4) is 0 Å². The van der Waals surface area contributed by atoms with Crippen LogP contribution in [0.3, 0.4) is 0 Å². The molecule has 1 amide bonds. The second-order valence-corrected chi connectivity index (χ2v) is 5.82. The molecule has 1 heterocycles. The summed E-state index contributed by atoms with van der Waals surface area (Å²) in [5.74, 6) is -1.09. The van der Waals surface area contributed by atoms with E-state index < -0.39 is 11.7 Å². The van der Waals surface area contributed by atoms with Crippen LogP contribution >= 0.6 is 22.9 Å². The Morgan fingerprint density at radius 1 is 1.42 bits per heavy atom. The molecular weight excluding hydrogens is 287 g/mol. The minimum absolute atomic E-state index is 0.0606. The van der Waals surface area contributed by atoms with Crippen molar-refractivity contribution in [2.24, 2.45) is 0 Å². The van der Waals surface area contributed by atoms with Crippen LogP contribution in [-0.2, 0) is 0 Å². The van der Waals surface area contributed by atoms with E-state index in [4.69, 9.17) is 17.3 Å². The number of hydrogen-bond acceptors (Lipinski definition) is 3. The summed E-state index contributed by atoms with van der Waals surface area (Å²) in [6.45, 7) is 1.81. The van der Waals surface area contributed by atoms with Gasteiger partial charge in [0.2, 0.25) is 0 Å². The number of carbonyl (C=O) groups excluding carboxylic acids is 1. The largest absolute Gasteiger partial charge is 0.399 e. The topological polar surface area (TPSA) is 55.1 Å². The van der Waals surface area contributed by atoms with E-state index >= 15 is 0 Å². The Bertz CT molecular complexity index is 614. The summed E-state index contributed by atoms with van der Waals surface area (Å²) in [4.78, 5) is 12.9. The third kappa shape index (κ3) is 3.24. The van der Waals surface area contributed by atoms with Gasteiger partial charge in [0.15, 0.2) is 0 Å². The quantitative estimate of drug-likeness (QED) is 0.851. The maximum atomic E-state index is 13.5. The number of anilines is 1. The van der Waals surface area contributed by atoms with Crippen LogP contribution in [0.1, 0.15) is 28.2 Å². The molecule has 3 nitrogen and oxygen atoms in total. The third-order valence-electron chi connectivity index (χ3n) is 2.60. The van der Waals surface area contributed by atoms with E-state index in [0.29, 0.717) is 10.0 Å². The minimum Gasteiger partial charge on any atom is -0.399 e. The fraction of sp³-hybridized carbons (Fsp3) is 0.154. The summed E-state index contributed by atoms with van der Waals surface area (Å²) < 4.78 is 14.2. The van der Waals surface area contributed by atoms with Gasteiger partial charge in [0.25, 0.3) is 5.91 Å². The smallest absolute Gasteiger partial charge is 0.254 e. The molecule has 2 aromatic rings. The van der Waals surface area contributed by atoms with Gasteiger partial charge in [-0.15, -0.1) is 11.3 Å². The molecule has 1 unspecified atom stereocenters. The Morgan fingerprint density at radius 2 is 2.16 bits per heavy atom. The van der Waals surface area contributed by atoms with Gasteiger partial charge in [0.1, 0.15) is 5.82 Å². The van der Waals surface area contributed by atoms with Crippen molar-refractivity contribution in [1.82, 2.24) is 5.32 Å². The number of rotatable bonds is 3. The number of halogens is 2. The minimum atomic E-state index is -0.594. The summed E-state index contributed by atoms with van der Waals surface area (Å²) in [6.07, 6.45) is 0. The van der Waals surface area contributed by atoms with E-state index in [1.807, 2.05) is 13.0 Å². The van der Waals surface area contributed by atoms with Gasteiger partial charge in [-0.1, -0.05) is 11.6 Å². The van der Waals surface area contributed by atoms with E-state index in [-0.39, 0.29) is 11.6 Å². The lowest BCUT2D eigenvalue weighted by Gasteiger charge is -2.12. The number of hydrogen-bond donors (Lipinski definition) is 2. The lowest BCUT2D eigenvalue weighted by Crippen LogP contribution is -2.27. The standard InChI is InChI=1S/C13H12ClFN2OS/c1-7(11-4-5-12(14)19-11)17-13(18)9-6-8(16)2-3-10(9)15/h2-7H,16H2,1H3,(H,17,18). The first kappa shape index (κ1) is 13.8. The van der Waals surface area contributed by atoms with Gasteiger partial charge in [-0.3, -0.25) is 4.79 Å². The summed E-state index contributed by atoms with van der Waals surface area (Å²) in [6, 6.07) is 7.24. The van der Waals surface area contributed by atoms with Crippen molar-refractivity contribution in [3.05, 3.63) is 50.9 Å². The molecule has 1 aromatic carbocycles. The predicted molar refractivity (Wildman–Crippen MR) is 76.0 cm³/mol. The molecule has 0 saturated carbocycles. The molecule has 19 heavy (non-hydrogen) atoms. The average Bonchev–Trinajstić information content (AvgIpc) is 2.79. The van der Waals surface area contributed by atoms with E-state index in [1.165, 1.54) is 29.5 Å². The van der Waals surface area contributed by atoms with Crippen LogP contribution in [0, 0.1) is 5.82 Å². The highest BCUT2D eigenvalue weighted by Gasteiger charge is 2.16. The van der Waals surface area contributed by atoms with Crippen LogP contribution in [0.15, 0.2) is 30.3 Å². The highest BCUT2D eigenvalue weighted by Crippen LogP contribution is 2.27. The second kappa shape index (κ2) is 5.59. The zero-order valence-electron chi connectivity index (χ0n) is 10.1. The molecule has 0 saturated heterocycles. The fourth-order valence-corrected chi connectivity index (χ4v) is 2.69. The molecule has 100 valence electrons. The van der Waals surface area contributed by atoms with Gasteiger partial charge in [-0.05, 0) is 37.3 Å². The summed E-state index contributed by atoms with van der Waals surface area (Å²) in [5, 5.41) is 2.71. The van der Waals surface area contributed by atoms with Crippen LogP contribution in [0.5, 0.6) is 0 Å². The normalized spacial score (nSPS) is 12.2. The maximum Gasteiger partial charge on any atom is 0.254 e. The number of amides is 1. The number of nitrogens with one attached hydrogen (secondary N) is 1. The molecule has 0 spiro atoms. The third-order valence-corrected chi connectivity index (χ3v) is 4.02. The Kier molecular flexibility index (Phi) is 4.07. The highest BCUT2D eigenvalue weighted by atomic mass is 35.5. The number of nitrogen functional groups attached to an aromatic ring is 1. The van der Waals surface area contributed by atoms with Gasteiger partial charge in [0.05, 0.1) is 15.9 Å². The summed E-state index contributed by atoms with van der Waals surface area (Å²) in [5.41, 5.74) is 5.83. The molecule has 1 atom stereocenters. The van der Waals surface area contributed by atoms with Crippen molar-refractivity contribution in [1.29, 1.82) is 0 Å². The van der Waals surface area contributed by atoms with E-state index in [1.54, 1.807) is 6.07 Å². The number of carbonyl (C=O) groups is 1. The molecule has 0 radical (unpaired) electrons. The van der Waals surface area contributed by atoms with Crippen LogP contribution in [0.4, 0.5) is 10.1 Å². The maximum absolute atomic E-state index is 13.5. The van der Waals surface area contributed by atoms with Crippen molar-refractivity contribution < 1.29 is 9.18 Å². The molecule has 0 aliphatic rings. The number of thiophene rings is 1. The molecule has 0 aliphatic heterocycles. The van der Waals surface area contributed by atoms with Crippen molar-refractivity contribution in [2.75, 3.05) is 5.73 Å². The van der Waals surface area contributed by atoms with Gasteiger partial charge < -0.3 is 11.1 Å².